The zero-order valence-electron chi connectivity index (χ0n) is 10.3. The Kier molecular flexibility index (Phi) is 11.2. The average Bonchev–Trinajstić information content (AvgIpc) is 2.23. The summed E-state index contributed by atoms with van der Waals surface area (Å²) in [6.45, 7) is 7.93. The van der Waals surface area contributed by atoms with Gasteiger partial charge in [0.2, 0.25) is 0 Å². The zero-order chi connectivity index (χ0) is 11.5. The summed E-state index contributed by atoms with van der Waals surface area (Å²) < 4.78 is 11.3. The topological polar surface area (TPSA) is 18.5 Å². The van der Waals surface area contributed by atoms with Gasteiger partial charge in [0.05, 0.1) is 0 Å². The molecule has 0 fully saturated rings. The van der Waals surface area contributed by atoms with Gasteiger partial charge in [-0.3, -0.25) is 0 Å². The summed E-state index contributed by atoms with van der Waals surface area (Å²) in [4.78, 5) is 0. The van der Waals surface area contributed by atoms with Gasteiger partial charge in [-0.05, 0) is 45.1 Å². The van der Waals surface area contributed by atoms with Crippen LogP contribution in [-0.4, -0.2) is 28.4 Å². The standard InChI is InChI=1S/C11H25ClO2Si/c1-4-13-15(14-5-2)10-8-11(3)7-6-9-12/h11,15H,4-10H2,1-3H3. The van der Waals surface area contributed by atoms with Crippen molar-refractivity contribution in [2.75, 3.05) is 19.1 Å². The van der Waals surface area contributed by atoms with Crippen molar-refractivity contribution in [1.29, 1.82) is 0 Å². The predicted octanol–water partition coefficient (Wildman–Crippen LogP) is 3.33. The minimum absolute atomic E-state index is 0.750. The van der Waals surface area contributed by atoms with Crippen LogP contribution in [0.15, 0.2) is 0 Å². The fourth-order valence-corrected chi connectivity index (χ4v) is 3.75. The molecule has 0 radical (unpaired) electrons. The molecule has 92 valence electrons. The molecular weight excluding hydrogens is 228 g/mol. The van der Waals surface area contributed by atoms with Crippen molar-refractivity contribution in [3.8, 4) is 0 Å². The van der Waals surface area contributed by atoms with Crippen LogP contribution >= 0.6 is 11.6 Å². The van der Waals surface area contributed by atoms with Crippen LogP contribution < -0.4 is 0 Å². The molecule has 0 aromatic heterocycles. The van der Waals surface area contributed by atoms with E-state index in [1.807, 2.05) is 13.8 Å². The van der Waals surface area contributed by atoms with E-state index < -0.39 is 9.28 Å². The maximum absolute atomic E-state index is 5.67. The molecule has 0 bridgehead atoms. The highest BCUT2D eigenvalue weighted by Crippen LogP contribution is 2.15. The van der Waals surface area contributed by atoms with Gasteiger partial charge in [-0.1, -0.05) is 6.92 Å². The first-order valence-corrected chi connectivity index (χ1v) is 8.33. The Morgan fingerprint density at radius 2 is 1.73 bits per heavy atom. The Balaban J connectivity index is 3.57. The van der Waals surface area contributed by atoms with Gasteiger partial charge < -0.3 is 8.85 Å². The number of halogens is 1. The molecular formula is C11H25ClO2Si. The van der Waals surface area contributed by atoms with Gasteiger partial charge in [0, 0.05) is 19.1 Å². The monoisotopic (exact) mass is 252 g/mol. The van der Waals surface area contributed by atoms with Crippen molar-refractivity contribution in [2.24, 2.45) is 5.92 Å². The van der Waals surface area contributed by atoms with Crippen molar-refractivity contribution in [1.82, 2.24) is 0 Å². The first kappa shape index (κ1) is 15.4. The summed E-state index contributed by atoms with van der Waals surface area (Å²) in [5, 5.41) is 0. The van der Waals surface area contributed by atoms with Crippen LogP contribution in [-0.2, 0) is 8.85 Å². The van der Waals surface area contributed by atoms with Crippen molar-refractivity contribution >= 4 is 20.9 Å². The SMILES string of the molecule is CCO[SiH](CCC(C)CCCCl)OCC. The van der Waals surface area contributed by atoms with Crippen LogP contribution in [0.1, 0.15) is 40.0 Å². The smallest absolute Gasteiger partial charge is 0.321 e. The van der Waals surface area contributed by atoms with E-state index in [9.17, 15) is 0 Å². The molecule has 0 aliphatic carbocycles. The Morgan fingerprint density at radius 1 is 1.13 bits per heavy atom. The van der Waals surface area contributed by atoms with E-state index in [1.54, 1.807) is 0 Å². The molecule has 0 aliphatic heterocycles. The predicted molar refractivity (Wildman–Crippen MR) is 68.9 cm³/mol. The first-order chi connectivity index (χ1) is 7.24. The Morgan fingerprint density at radius 3 is 2.20 bits per heavy atom. The quantitative estimate of drug-likeness (QED) is 0.439. The molecule has 0 amide bonds. The Labute approximate surface area is 101 Å². The lowest BCUT2D eigenvalue weighted by molar-refractivity contribution is 0.211. The van der Waals surface area contributed by atoms with Crippen LogP contribution in [0.4, 0.5) is 0 Å². The van der Waals surface area contributed by atoms with E-state index in [2.05, 4.69) is 6.92 Å². The van der Waals surface area contributed by atoms with Crippen LogP contribution in [0.3, 0.4) is 0 Å². The fraction of sp³-hybridized carbons (Fsp3) is 1.00. The second kappa shape index (κ2) is 10.9. The molecule has 4 heteroatoms. The van der Waals surface area contributed by atoms with Crippen molar-refractivity contribution < 1.29 is 8.85 Å². The maximum atomic E-state index is 5.67. The van der Waals surface area contributed by atoms with Crippen molar-refractivity contribution in [3.63, 3.8) is 0 Å². The lowest BCUT2D eigenvalue weighted by atomic mass is 10.0. The van der Waals surface area contributed by atoms with Crippen LogP contribution in [0.5, 0.6) is 0 Å². The van der Waals surface area contributed by atoms with Gasteiger partial charge in [-0.2, -0.15) is 0 Å². The summed E-state index contributed by atoms with van der Waals surface area (Å²) in [5.74, 6) is 1.53. The number of hydrogen-bond acceptors (Lipinski definition) is 2. The van der Waals surface area contributed by atoms with Gasteiger partial charge in [-0.25, -0.2) is 0 Å². The largest absolute Gasteiger partial charge is 0.397 e. The minimum Gasteiger partial charge on any atom is -0.397 e. The number of rotatable bonds is 10. The maximum Gasteiger partial charge on any atom is 0.321 e. The van der Waals surface area contributed by atoms with Gasteiger partial charge >= 0.3 is 9.28 Å². The van der Waals surface area contributed by atoms with Gasteiger partial charge in [0.25, 0.3) is 0 Å². The third-order valence-corrected chi connectivity index (χ3v) is 4.91. The van der Waals surface area contributed by atoms with E-state index in [0.717, 1.165) is 37.5 Å². The summed E-state index contributed by atoms with van der Waals surface area (Å²) in [5.41, 5.74) is 0. The molecule has 1 unspecified atom stereocenters. The minimum atomic E-state index is -1.36. The van der Waals surface area contributed by atoms with Gasteiger partial charge in [0.15, 0.2) is 0 Å². The molecule has 0 spiro atoms. The molecule has 0 saturated carbocycles. The second-order valence-corrected chi connectivity index (χ2v) is 6.34. The molecule has 0 saturated heterocycles. The summed E-state index contributed by atoms with van der Waals surface area (Å²) in [6.07, 6.45) is 3.56. The third-order valence-electron chi connectivity index (χ3n) is 2.43. The summed E-state index contributed by atoms with van der Waals surface area (Å²) in [6, 6.07) is 1.13. The fourth-order valence-electron chi connectivity index (χ4n) is 1.58. The van der Waals surface area contributed by atoms with Gasteiger partial charge in [0.1, 0.15) is 0 Å². The zero-order valence-corrected chi connectivity index (χ0v) is 12.2. The molecule has 0 rings (SSSR count). The second-order valence-electron chi connectivity index (χ2n) is 3.85. The van der Waals surface area contributed by atoms with E-state index in [-0.39, 0.29) is 0 Å². The third kappa shape index (κ3) is 9.36. The van der Waals surface area contributed by atoms with Crippen molar-refractivity contribution in [2.45, 2.75) is 46.1 Å². The van der Waals surface area contributed by atoms with E-state index in [0.29, 0.717) is 0 Å². The molecule has 0 heterocycles. The number of alkyl halides is 1. The number of hydrogen-bond donors (Lipinski definition) is 0. The van der Waals surface area contributed by atoms with Crippen LogP contribution in [0.2, 0.25) is 6.04 Å². The van der Waals surface area contributed by atoms with E-state index >= 15 is 0 Å². The van der Waals surface area contributed by atoms with Gasteiger partial charge in [-0.15, -0.1) is 11.6 Å². The summed E-state index contributed by atoms with van der Waals surface area (Å²) >= 11 is 5.67. The molecule has 2 nitrogen and oxygen atoms in total. The lowest BCUT2D eigenvalue weighted by Gasteiger charge is -2.17. The molecule has 0 N–H and O–H groups in total. The van der Waals surface area contributed by atoms with Crippen LogP contribution in [0, 0.1) is 5.92 Å². The highest BCUT2D eigenvalue weighted by Gasteiger charge is 2.13. The van der Waals surface area contributed by atoms with Crippen molar-refractivity contribution in [3.05, 3.63) is 0 Å². The Bertz CT molecular complexity index is 130. The molecule has 15 heavy (non-hydrogen) atoms. The molecule has 0 aromatic rings. The highest BCUT2D eigenvalue weighted by molar-refractivity contribution is 6.44. The molecule has 0 aromatic carbocycles. The lowest BCUT2D eigenvalue weighted by Crippen LogP contribution is -2.23. The molecule has 0 aliphatic rings. The average molecular weight is 253 g/mol. The van der Waals surface area contributed by atoms with E-state index in [1.165, 1.54) is 12.8 Å². The first-order valence-electron chi connectivity index (χ1n) is 6.03. The summed E-state index contributed by atoms with van der Waals surface area (Å²) in [7, 11) is -1.36. The van der Waals surface area contributed by atoms with Crippen LogP contribution in [0.25, 0.3) is 0 Å². The molecule has 1 atom stereocenters. The Hall–Kier alpha value is 0.427. The van der Waals surface area contributed by atoms with E-state index in [4.69, 9.17) is 20.5 Å². The highest BCUT2D eigenvalue weighted by atomic mass is 35.5. The normalized spacial score (nSPS) is 13.4.